The number of rotatable bonds is 1. The molecule has 0 radical (unpaired) electrons. The van der Waals surface area contributed by atoms with Crippen LogP contribution in [0.4, 0.5) is 22.0 Å². The van der Waals surface area contributed by atoms with Crippen LogP contribution in [0.1, 0.15) is 5.56 Å². The Hall–Kier alpha value is -0.690. The molecule has 17 heavy (non-hydrogen) atoms. The van der Waals surface area contributed by atoms with Crippen LogP contribution in [0.5, 0.6) is 0 Å². The Balaban J connectivity index is 2.54. The highest BCUT2D eigenvalue weighted by molar-refractivity contribution is 9.09. The molecule has 1 fully saturated rings. The highest BCUT2D eigenvalue weighted by atomic mass is 79.9. The molecule has 1 heterocycles. The molecule has 1 aromatic rings. The quantitative estimate of drug-likeness (QED) is 0.565. The topological polar surface area (TPSA) is 9.23 Å². The fourth-order valence-corrected chi connectivity index (χ4v) is 2.24. The van der Waals surface area contributed by atoms with Gasteiger partial charge in [-0.1, -0.05) is 30.3 Å². The molecule has 7 heteroatoms. The van der Waals surface area contributed by atoms with E-state index < -0.39 is 22.7 Å². The van der Waals surface area contributed by atoms with Crippen LogP contribution in [0.2, 0.25) is 0 Å². The first-order chi connectivity index (χ1) is 7.73. The molecule has 1 nitrogen and oxygen atoms in total. The molecule has 0 N–H and O–H groups in total. The molecule has 1 aromatic carbocycles. The van der Waals surface area contributed by atoms with E-state index >= 15 is 0 Å². The van der Waals surface area contributed by atoms with E-state index in [4.69, 9.17) is 0 Å². The van der Waals surface area contributed by atoms with E-state index in [0.29, 0.717) is 0 Å². The number of hydrogen-bond acceptors (Lipinski definition) is 1. The number of hydrogen-bond donors (Lipinski definition) is 0. The lowest BCUT2D eigenvalue weighted by Crippen LogP contribution is -2.48. The van der Waals surface area contributed by atoms with Crippen molar-refractivity contribution in [2.75, 3.05) is 0 Å². The minimum Gasteiger partial charge on any atom is -0.314 e. The molecule has 2 rings (SSSR count). The fraction of sp³-hybridized carbons (Fsp3) is 0.400. The molecule has 0 bridgehead atoms. The zero-order valence-corrected chi connectivity index (χ0v) is 9.73. The molecule has 0 aromatic heterocycles. The van der Waals surface area contributed by atoms with Gasteiger partial charge < -0.3 is 4.74 Å². The van der Waals surface area contributed by atoms with Gasteiger partial charge in [-0.05, 0) is 15.9 Å². The Morgan fingerprint density at radius 1 is 1.06 bits per heavy atom. The lowest BCUT2D eigenvalue weighted by Gasteiger charge is -2.28. The van der Waals surface area contributed by atoms with Gasteiger partial charge in [0.05, 0.1) is 0 Å². The average Bonchev–Trinajstić information content (AvgIpc) is 2.40. The predicted octanol–water partition coefficient (Wildman–Crippen LogP) is 3.83. The summed E-state index contributed by atoms with van der Waals surface area (Å²) in [6.07, 6.45) is -3.36. The van der Waals surface area contributed by atoms with E-state index in [0.717, 1.165) is 12.1 Å². The van der Waals surface area contributed by atoms with Crippen molar-refractivity contribution in [3.63, 3.8) is 0 Å². The summed E-state index contributed by atoms with van der Waals surface area (Å²) < 4.78 is 67.3. The van der Waals surface area contributed by atoms with E-state index in [9.17, 15) is 22.0 Å². The highest BCUT2D eigenvalue weighted by Gasteiger charge is 2.80. The summed E-state index contributed by atoms with van der Waals surface area (Å²) in [5.41, 5.74) is -0.273. The van der Waals surface area contributed by atoms with Gasteiger partial charge >= 0.3 is 11.8 Å². The lowest BCUT2D eigenvalue weighted by atomic mass is 10.0. The summed E-state index contributed by atoms with van der Waals surface area (Å²) in [7, 11) is 0. The molecule has 0 saturated carbocycles. The Morgan fingerprint density at radius 2 is 1.59 bits per heavy atom. The third-order valence-corrected chi connectivity index (χ3v) is 3.66. The van der Waals surface area contributed by atoms with Crippen LogP contribution in [0.25, 0.3) is 0 Å². The first kappa shape index (κ1) is 12.8. The maximum Gasteiger partial charge on any atom is 0.368 e. The molecule has 0 aliphatic carbocycles. The molecular weight excluding hydrogens is 311 g/mol. The van der Waals surface area contributed by atoms with Crippen molar-refractivity contribution in [1.82, 2.24) is 0 Å². The Labute approximate surface area is 102 Å². The molecule has 94 valence electrons. The van der Waals surface area contributed by atoms with Crippen molar-refractivity contribution in [1.29, 1.82) is 0 Å². The van der Waals surface area contributed by atoms with Gasteiger partial charge in [-0.3, -0.25) is 0 Å². The normalized spacial score (nSPS) is 34.8. The average molecular weight is 317 g/mol. The number of ether oxygens (including phenoxy) is 1. The van der Waals surface area contributed by atoms with Crippen LogP contribution in [0.3, 0.4) is 0 Å². The van der Waals surface area contributed by atoms with E-state index in [-0.39, 0.29) is 5.56 Å². The maximum atomic E-state index is 13.5. The summed E-state index contributed by atoms with van der Waals surface area (Å²) in [6.45, 7) is 0. The zero-order valence-electron chi connectivity index (χ0n) is 8.14. The van der Waals surface area contributed by atoms with Gasteiger partial charge in [0.2, 0.25) is 4.51 Å². The lowest BCUT2D eigenvalue weighted by molar-refractivity contribution is -0.217. The summed E-state index contributed by atoms with van der Waals surface area (Å²) >= 11 is 2.40. The fourth-order valence-electron chi connectivity index (χ4n) is 1.55. The molecule has 2 unspecified atom stereocenters. The highest BCUT2D eigenvalue weighted by Crippen LogP contribution is 2.61. The van der Waals surface area contributed by atoms with Crippen molar-refractivity contribution in [2.45, 2.75) is 22.7 Å². The third kappa shape index (κ3) is 1.52. The molecule has 0 amide bonds. The number of halogens is 6. The van der Waals surface area contributed by atoms with Crippen LogP contribution in [-0.4, -0.2) is 18.2 Å². The van der Waals surface area contributed by atoms with Crippen LogP contribution >= 0.6 is 15.9 Å². The minimum absolute atomic E-state index is 0.273. The Kier molecular flexibility index (Phi) is 2.74. The van der Waals surface area contributed by atoms with Gasteiger partial charge in [-0.15, -0.1) is 0 Å². The Morgan fingerprint density at radius 3 is 2.00 bits per heavy atom. The standard InChI is InChI=1S/C10H6BrF5O/c11-8(6-4-2-1-3-5-6)10(15,16)9(13,14)7(12)17-8/h1-5,7H. The monoisotopic (exact) mass is 316 g/mol. The zero-order chi connectivity index (χ0) is 12.9. The van der Waals surface area contributed by atoms with Gasteiger partial charge in [0.1, 0.15) is 0 Å². The maximum absolute atomic E-state index is 13.5. The van der Waals surface area contributed by atoms with Gasteiger partial charge in [0.25, 0.3) is 6.36 Å². The molecular formula is C10H6BrF5O. The summed E-state index contributed by atoms with van der Waals surface area (Å²) in [4.78, 5) is 0. The molecule has 1 aliphatic rings. The largest absolute Gasteiger partial charge is 0.368 e. The molecule has 0 spiro atoms. The SMILES string of the molecule is FC1OC(Br)(c2ccccc2)C(F)(F)C1(F)F. The van der Waals surface area contributed by atoms with Crippen molar-refractivity contribution in [2.24, 2.45) is 0 Å². The van der Waals surface area contributed by atoms with Gasteiger partial charge in [0.15, 0.2) is 0 Å². The minimum atomic E-state index is -4.88. The van der Waals surface area contributed by atoms with E-state index in [1.54, 1.807) is 0 Å². The predicted molar refractivity (Wildman–Crippen MR) is 52.9 cm³/mol. The van der Waals surface area contributed by atoms with Crippen molar-refractivity contribution < 1.29 is 26.7 Å². The van der Waals surface area contributed by atoms with Crippen molar-refractivity contribution >= 4 is 15.9 Å². The van der Waals surface area contributed by atoms with Gasteiger partial charge in [-0.25, -0.2) is 4.39 Å². The molecule has 2 atom stereocenters. The third-order valence-electron chi connectivity index (χ3n) is 2.52. The van der Waals surface area contributed by atoms with E-state index in [1.807, 2.05) is 0 Å². The Bertz CT molecular complexity index is 424. The van der Waals surface area contributed by atoms with Crippen LogP contribution in [0, 0.1) is 0 Å². The second kappa shape index (κ2) is 3.65. The summed E-state index contributed by atoms with van der Waals surface area (Å²) in [5, 5.41) is 0. The van der Waals surface area contributed by atoms with Gasteiger partial charge in [-0.2, -0.15) is 17.6 Å². The van der Waals surface area contributed by atoms with Crippen molar-refractivity contribution in [3.8, 4) is 0 Å². The smallest absolute Gasteiger partial charge is 0.314 e. The first-order valence-electron chi connectivity index (χ1n) is 4.55. The van der Waals surface area contributed by atoms with Crippen LogP contribution < -0.4 is 0 Å². The molecule has 1 aliphatic heterocycles. The number of benzene rings is 1. The second-order valence-electron chi connectivity index (χ2n) is 3.59. The van der Waals surface area contributed by atoms with Crippen molar-refractivity contribution in [3.05, 3.63) is 35.9 Å². The second-order valence-corrected chi connectivity index (χ2v) is 4.71. The number of alkyl halides is 6. The summed E-state index contributed by atoms with van der Waals surface area (Å²) in [6, 6.07) is 6.54. The van der Waals surface area contributed by atoms with Crippen LogP contribution in [-0.2, 0) is 9.25 Å². The summed E-state index contributed by atoms with van der Waals surface area (Å²) in [5.74, 6) is -9.58. The van der Waals surface area contributed by atoms with E-state index in [1.165, 1.54) is 18.2 Å². The molecule has 1 saturated heterocycles. The van der Waals surface area contributed by atoms with Crippen LogP contribution in [0.15, 0.2) is 30.3 Å². The first-order valence-corrected chi connectivity index (χ1v) is 5.35. The van der Waals surface area contributed by atoms with E-state index in [2.05, 4.69) is 20.7 Å². The van der Waals surface area contributed by atoms with Gasteiger partial charge in [0, 0.05) is 5.56 Å².